The molecule has 0 atom stereocenters. The Morgan fingerprint density at radius 2 is 2.38 bits per heavy atom. The summed E-state index contributed by atoms with van der Waals surface area (Å²) in [5, 5.41) is 8.74. The zero-order chi connectivity index (χ0) is 12.2. The molecule has 2 N–H and O–H groups in total. The van der Waals surface area contributed by atoms with E-state index in [0.29, 0.717) is 5.75 Å². The summed E-state index contributed by atoms with van der Waals surface area (Å²) in [5.41, 5.74) is 0.772. The Balaban J connectivity index is 2.90. The topological polar surface area (TPSA) is 96.4 Å². The highest BCUT2D eigenvalue weighted by molar-refractivity contribution is 7.98. The number of carboxylic acids is 1. The molecule has 0 aliphatic rings. The van der Waals surface area contributed by atoms with E-state index in [-0.39, 0.29) is 10.8 Å². The van der Waals surface area contributed by atoms with E-state index < -0.39 is 21.7 Å². The van der Waals surface area contributed by atoms with E-state index in [1.807, 2.05) is 6.26 Å². The number of hydrogen-bond acceptors (Lipinski definition) is 6. The molecule has 0 spiro atoms. The SMILES string of the molecule is CSCCNS(=O)(=O)c1scnc1C(=O)O. The normalized spacial score (nSPS) is 11.6. The third-order valence-electron chi connectivity index (χ3n) is 1.58. The fraction of sp³-hybridized carbons (Fsp3) is 0.429. The van der Waals surface area contributed by atoms with Gasteiger partial charge in [-0.05, 0) is 6.26 Å². The molecule has 16 heavy (non-hydrogen) atoms. The molecule has 0 aromatic carbocycles. The first-order chi connectivity index (χ1) is 7.49. The van der Waals surface area contributed by atoms with Crippen LogP contribution in [0.1, 0.15) is 10.5 Å². The molecule has 1 aromatic heterocycles. The lowest BCUT2D eigenvalue weighted by Gasteiger charge is -2.03. The standard InChI is InChI=1S/C7H10N2O4S3/c1-14-3-2-9-16(12,13)7-5(6(10)11)8-4-15-7/h4,9H,2-3H2,1H3,(H,10,11). The Kier molecular flexibility index (Phi) is 4.71. The number of aromatic nitrogens is 1. The summed E-state index contributed by atoms with van der Waals surface area (Å²) in [5.74, 6) is -0.716. The van der Waals surface area contributed by atoms with Gasteiger partial charge in [0.25, 0.3) is 10.0 Å². The van der Waals surface area contributed by atoms with Crippen LogP contribution in [0.15, 0.2) is 9.72 Å². The Morgan fingerprint density at radius 3 is 2.94 bits per heavy atom. The molecule has 1 rings (SSSR count). The second-order valence-electron chi connectivity index (χ2n) is 2.68. The molecule has 6 nitrogen and oxygen atoms in total. The molecule has 1 heterocycles. The van der Waals surface area contributed by atoms with Gasteiger partial charge in [-0.25, -0.2) is 22.9 Å². The van der Waals surface area contributed by atoms with Crippen LogP contribution in [0.4, 0.5) is 0 Å². The minimum Gasteiger partial charge on any atom is -0.476 e. The van der Waals surface area contributed by atoms with Gasteiger partial charge in [-0.3, -0.25) is 0 Å². The smallest absolute Gasteiger partial charge is 0.356 e. The lowest BCUT2D eigenvalue weighted by molar-refractivity contribution is 0.0687. The molecular weight excluding hydrogens is 272 g/mol. The predicted molar refractivity (Wildman–Crippen MR) is 62.6 cm³/mol. The van der Waals surface area contributed by atoms with Crippen molar-refractivity contribution in [1.82, 2.24) is 9.71 Å². The number of aromatic carboxylic acids is 1. The lowest BCUT2D eigenvalue weighted by Crippen LogP contribution is -2.26. The molecule has 0 bridgehead atoms. The fourth-order valence-corrected chi connectivity index (χ4v) is 3.56. The largest absolute Gasteiger partial charge is 0.476 e. The third kappa shape index (κ3) is 3.17. The number of sulfonamides is 1. The van der Waals surface area contributed by atoms with Gasteiger partial charge in [0.15, 0.2) is 9.90 Å². The molecule has 0 amide bonds. The predicted octanol–water partition coefficient (Wildman–Crippen LogP) is 0.483. The van der Waals surface area contributed by atoms with Crippen molar-refractivity contribution in [2.45, 2.75) is 4.21 Å². The highest BCUT2D eigenvalue weighted by Gasteiger charge is 2.24. The van der Waals surface area contributed by atoms with Gasteiger partial charge < -0.3 is 5.11 Å². The van der Waals surface area contributed by atoms with E-state index in [4.69, 9.17) is 5.11 Å². The molecule has 0 saturated carbocycles. The van der Waals surface area contributed by atoms with Crippen LogP contribution in [0.5, 0.6) is 0 Å². The van der Waals surface area contributed by atoms with E-state index in [9.17, 15) is 13.2 Å². The molecule has 0 fully saturated rings. The first kappa shape index (κ1) is 13.4. The van der Waals surface area contributed by atoms with Crippen LogP contribution in [0.25, 0.3) is 0 Å². The number of hydrogen-bond donors (Lipinski definition) is 2. The monoisotopic (exact) mass is 282 g/mol. The summed E-state index contributed by atoms with van der Waals surface area (Å²) in [6, 6.07) is 0. The third-order valence-corrected chi connectivity index (χ3v) is 5.02. The van der Waals surface area contributed by atoms with Crippen LogP contribution >= 0.6 is 23.1 Å². The highest BCUT2D eigenvalue weighted by atomic mass is 32.2. The summed E-state index contributed by atoms with van der Waals surface area (Å²) in [4.78, 5) is 14.2. The van der Waals surface area contributed by atoms with Crippen LogP contribution in [-0.4, -0.2) is 43.0 Å². The number of nitrogens with zero attached hydrogens (tertiary/aromatic N) is 1. The number of rotatable bonds is 6. The maximum Gasteiger partial charge on any atom is 0.356 e. The Morgan fingerprint density at radius 1 is 1.69 bits per heavy atom. The van der Waals surface area contributed by atoms with Crippen molar-refractivity contribution in [3.05, 3.63) is 11.2 Å². The van der Waals surface area contributed by atoms with Gasteiger partial charge in [0.2, 0.25) is 0 Å². The van der Waals surface area contributed by atoms with Gasteiger partial charge in [-0.2, -0.15) is 11.8 Å². The molecule has 90 valence electrons. The Labute approximate surface area is 101 Å². The first-order valence-corrected chi connectivity index (χ1v) is 7.90. The Bertz CT molecular complexity index is 468. The van der Waals surface area contributed by atoms with Crippen LogP contribution in [0.3, 0.4) is 0 Å². The molecule has 0 aliphatic carbocycles. The molecule has 1 aromatic rings. The molecule has 0 radical (unpaired) electrons. The Hall–Kier alpha value is -0.640. The number of thioether (sulfide) groups is 1. The number of nitrogens with one attached hydrogen (secondary N) is 1. The van der Waals surface area contributed by atoms with E-state index in [0.717, 1.165) is 11.3 Å². The maximum atomic E-state index is 11.7. The number of carboxylic acid groups (broad SMARTS) is 1. The van der Waals surface area contributed by atoms with Gasteiger partial charge in [0.1, 0.15) is 0 Å². The zero-order valence-electron chi connectivity index (χ0n) is 8.34. The second-order valence-corrected chi connectivity index (χ2v) is 6.49. The molecule has 9 heteroatoms. The van der Waals surface area contributed by atoms with Gasteiger partial charge in [0.05, 0.1) is 5.51 Å². The second kappa shape index (κ2) is 5.62. The van der Waals surface area contributed by atoms with Crippen molar-refractivity contribution in [2.75, 3.05) is 18.6 Å². The van der Waals surface area contributed by atoms with E-state index in [1.54, 1.807) is 0 Å². The van der Waals surface area contributed by atoms with Crippen LogP contribution in [0, 0.1) is 0 Å². The van der Waals surface area contributed by atoms with Gasteiger partial charge in [-0.15, -0.1) is 11.3 Å². The van der Waals surface area contributed by atoms with Gasteiger partial charge in [0, 0.05) is 12.3 Å². The summed E-state index contributed by atoms with van der Waals surface area (Å²) in [6.45, 7) is 0.264. The summed E-state index contributed by atoms with van der Waals surface area (Å²) >= 11 is 2.29. The molecule has 0 unspecified atom stereocenters. The average Bonchev–Trinajstić information content (AvgIpc) is 2.66. The van der Waals surface area contributed by atoms with Crippen LogP contribution in [0.2, 0.25) is 0 Å². The van der Waals surface area contributed by atoms with Gasteiger partial charge >= 0.3 is 5.97 Å². The number of thiazole rings is 1. The van der Waals surface area contributed by atoms with Crippen LogP contribution < -0.4 is 4.72 Å². The molecule has 0 aliphatic heterocycles. The van der Waals surface area contributed by atoms with Crippen molar-refractivity contribution in [3.8, 4) is 0 Å². The molecule has 0 saturated heterocycles. The lowest BCUT2D eigenvalue weighted by atomic mass is 10.5. The van der Waals surface area contributed by atoms with Crippen molar-refractivity contribution in [1.29, 1.82) is 0 Å². The minimum absolute atomic E-state index is 0.249. The summed E-state index contributed by atoms with van der Waals surface area (Å²) in [6.07, 6.45) is 1.85. The number of carbonyl (C=O) groups is 1. The first-order valence-electron chi connectivity index (χ1n) is 4.14. The molecular formula is C7H10N2O4S3. The van der Waals surface area contributed by atoms with Crippen molar-refractivity contribution >= 4 is 39.1 Å². The highest BCUT2D eigenvalue weighted by Crippen LogP contribution is 2.19. The van der Waals surface area contributed by atoms with Crippen molar-refractivity contribution in [2.24, 2.45) is 0 Å². The maximum absolute atomic E-state index is 11.7. The van der Waals surface area contributed by atoms with Crippen LogP contribution in [-0.2, 0) is 10.0 Å². The summed E-state index contributed by atoms with van der Waals surface area (Å²) < 4.78 is 25.4. The summed E-state index contributed by atoms with van der Waals surface area (Å²) in [7, 11) is -3.75. The van der Waals surface area contributed by atoms with E-state index in [1.165, 1.54) is 17.3 Å². The quantitative estimate of drug-likeness (QED) is 0.737. The van der Waals surface area contributed by atoms with E-state index in [2.05, 4.69) is 9.71 Å². The fourth-order valence-electron chi connectivity index (χ4n) is 0.912. The zero-order valence-corrected chi connectivity index (χ0v) is 10.8. The average molecular weight is 282 g/mol. The van der Waals surface area contributed by atoms with E-state index >= 15 is 0 Å². The van der Waals surface area contributed by atoms with Crippen molar-refractivity contribution in [3.63, 3.8) is 0 Å². The minimum atomic E-state index is -3.75. The van der Waals surface area contributed by atoms with Crippen molar-refractivity contribution < 1.29 is 18.3 Å². The van der Waals surface area contributed by atoms with Gasteiger partial charge in [-0.1, -0.05) is 0 Å².